The molecule has 0 saturated carbocycles. The second kappa shape index (κ2) is 8.18. The highest BCUT2D eigenvalue weighted by Crippen LogP contribution is 2.24. The predicted molar refractivity (Wildman–Crippen MR) is 118 cm³/mol. The van der Waals surface area contributed by atoms with Crippen LogP contribution in [0.3, 0.4) is 0 Å². The van der Waals surface area contributed by atoms with Crippen molar-refractivity contribution in [1.82, 2.24) is 14.6 Å². The zero-order chi connectivity index (χ0) is 20.4. The Morgan fingerprint density at radius 1 is 1.24 bits per heavy atom. The molecule has 0 amide bonds. The Hall–Kier alpha value is -2.97. The second-order valence-corrected chi connectivity index (χ2v) is 7.98. The quantitative estimate of drug-likeness (QED) is 0.402. The normalized spacial score (nSPS) is 11.7. The minimum atomic E-state index is -0.211. The number of hydrogen-bond acceptors (Lipinski definition) is 6. The van der Waals surface area contributed by atoms with Gasteiger partial charge in [0, 0.05) is 15.6 Å². The van der Waals surface area contributed by atoms with Crippen molar-refractivity contribution in [2.45, 2.75) is 0 Å². The first kappa shape index (κ1) is 19.4. The minimum absolute atomic E-state index is 0.211. The molecule has 0 atom stereocenters. The molecular formula is C21H16BrN3O3S. The fourth-order valence-electron chi connectivity index (χ4n) is 2.77. The maximum atomic E-state index is 12.8. The fraction of sp³-hybridized carbons (Fsp3) is 0.0952. The van der Waals surface area contributed by atoms with Crippen LogP contribution < -0.4 is 19.6 Å². The van der Waals surface area contributed by atoms with Crippen molar-refractivity contribution in [1.29, 1.82) is 0 Å². The Labute approximate surface area is 178 Å². The molecule has 0 fully saturated rings. The van der Waals surface area contributed by atoms with Crippen molar-refractivity contribution >= 4 is 38.3 Å². The molecule has 0 aliphatic carbocycles. The summed E-state index contributed by atoms with van der Waals surface area (Å²) in [5, 5.41) is 4.38. The maximum Gasteiger partial charge on any atom is 0.291 e. The highest BCUT2D eigenvalue weighted by molar-refractivity contribution is 9.10. The van der Waals surface area contributed by atoms with Crippen molar-refractivity contribution in [2.24, 2.45) is 0 Å². The number of ether oxygens (including phenoxy) is 2. The van der Waals surface area contributed by atoms with Crippen LogP contribution in [-0.4, -0.2) is 28.3 Å². The van der Waals surface area contributed by atoms with Gasteiger partial charge in [0.1, 0.15) is 18.1 Å². The topological polar surface area (TPSA) is 65.7 Å². The number of fused-ring (bicyclic) bond motifs is 1. The lowest BCUT2D eigenvalue weighted by molar-refractivity contribution is 0.363. The molecule has 0 spiro atoms. The number of benzene rings is 2. The van der Waals surface area contributed by atoms with Crippen molar-refractivity contribution in [3.63, 3.8) is 0 Å². The standard InChI is InChI=1S/C21H16BrN3O3S/c1-3-10-28-16-7-4-13(5-8-16)19-23-21-25(24-19)20(26)18(29-21)12-14-11-15(22)6-9-17(14)27-2/h3-9,11-12H,1,10H2,2H3/b18-12-. The summed E-state index contributed by atoms with van der Waals surface area (Å²) in [5.74, 6) is 1.92. The lowest BCUT2D eigenvalue weighted by atomic mass is 10.2. The van der Waals surface area contributed by atoms with Crippen molar-refractivity contribution < 1.29 is 9.47 Å². The minimum Gasteiger partial charge on any atom is -0.496 e. The molecule has 2 aromatic heterocycles. The Morgan fingerprint density at radius 3 is 2.72 bits per heavy atom. The highest BCUT2D eigenvalue weighted by atomic mass is 79.9. The molecule has 4 aromatic rings. The molecule has 2 heterocycles. The number of methoxy groups -OCH3 is 1. The molecule has 0 aliphatic heterocycles. The average Bonchev–Trinajstić information content (AvgIpc) is 3.27. The summed E-state index contributed by atoms with van der Waals surface area (Å²) >= 11 is 4.73. The lowest BCUT2D eigenvalue weighted by Crippen LogP contribution is -2.23. The Kier molecular flexibility index (Phi) is 5.46. The molecule has 146 valence electrons. The van der Waals surface area contributed by atoms with Gasteiger partial charge in [-0.1, -0.05) is 39.9 Å². The number of halogens is 1. The second-order valence-electron chi connectivity index (χ2n) is 6.06. The van der Waals surface area contributed by atoms with Gasteiger partial charge in [0.15, 0.2) is 5.82 Å². The van der Waals surface area contributed by atoms with E-state index in [4.69, 9.17) is 9.47 Å². The summed E-state index contributed by atoms with van der Waals surface area (Å²) in [6.07, 6.45) is 3.48. The van der Waals surface area contributed by atoms with Gasteiger partial charge < -0.3 is 9.47 Å². The summed E-state index contributed by atoms with van der Waals surface area (Å²) in [4.78, 5) is 17.8. The highest BCUT2D eigenvalue weighted by Gasteiger charge is 2.13. The van der Waals surface area contributed by atoms with Crippen molar-refractivity contribution in [3.8, 4) is 22.9 Å². The fourth-order valence-corrected chi connectivity index (χ4v) is 4.05. The zero-order valence-electron chi connectivity index (χ0n) is 15.5. The van der Waals surface area contributed by atoms with Gasteiger partial charge >= 0.3 is 0 Å². The van der Waals surface area contributed by atoms with E-state index in [1.54, 1.807) is 19.3 Å². The van der Waals surface area contributed by atoms with Crippen LogP contribution in [0.4, 0.5) is 0 Å². The third kappa shape index (κ3) is 3.94. The zero-order valence-corrected chi connectivity index (χ0v) is 17.9. The first-order valence-electron chi connectivity index (χ1n) is 8.68. The van der Waals surface area contributed by atoms with Crippen LogP contribution in [-0.2, 0) is 0 Å². The third-order valence-electron chi connectivity index (χ3n) is 4.14. The predicted octanol–water partition coefficient (Wildman–Crippen LogP) is 3.70. The van der Waals surface area contributed by atoms with Gasteiger partial charge in [-0.2, -0.15) is 9.50 Å². The number of nitrogens with zero attached hydrogens (tertiary/aromatic N) is 3. The summed E-state index contributed by atoms with van der Waals surface area (Å²) < 4.78 is 13.6. The van der Waals surface area contributed by atoms with Crippen LogP contribution in [0.2, 0.25) is 0 Å². The molecule has 29 heavy (non-hydrogen) atoms. The molecule has 8 heteroatoms. The Balaban J connectivity index is 1.71. The lowest BCUT2D eigenvalue weighted by Gasteiger charge is -2.04. The summed E-state index contributed by atoms with van der Waals surface area (Å²) in [6, 6.07) is 13.0. The van der Waals surface area contributed by atoms with Gasteiger partial charge in [-0.3, -0.25) is 4.79 Å². The monoisotopic (exact) mass is 469 g/mol. The molecule has 0 unspecified atom stereocenters. The first-order valence-corrected chi connectivity index (χ1v) is 10.3. The van der Waals surface area contributed by atoms with E-state index in [0.717, 1.165) is 21.3 Å². The van der Waals surface area contributed by atoms with Gasteiger partial charge in [-0.15, -0.1) is 5.10 Å². The molecule has 0 aliphatic rings. The molecule has 6 nitrogen and oxygen atoms in total. The largest absolute Gasteiger partial charge is 0.496 e. The maximum absolute atomic E-state index is 12.8. The van der Waals surface area contributed by atoms with E-state index in [1.165, 1.54) is 15.9 Å². The first-order chi connectivity index (χ1) is 14.1. The summed E-state index contributed by atoms with van der Waals surface area (Å²) in [5.41, 5.74) is 1.40. The molecule has 4 rings (SSSR count). The van der Waals surface area contributed by atoms with Crippen LogP contribution in [0.1, 0.15) is 5.56 Å². The van der Waals surface area contributed by atoms with Crippen LogP contribution in [0.15, 0.2) is 64.4 Å². The molecule has 0 saturated heterocycles. The summed E-state index contributed by atoms with van der Waals surface area (Å²) in [7, 11) is 1.60. The van der Waals surface area contributed by atoms with Crippen molar-refractivity contribution in [3.05, 3.63) is 80.0 Å². The Morgan fingerprint density at radius 2 is 2.03 bits per heavy atom. The van der Waals surface area contributed by atoms with Crippen molar-refractivity contribution in [2.75, 3.05) is 13.7 Å². The van der Waals surface area contributed by atoms with E-state index >= 15 is 0 Å². The molecule has 0 radical (unpaired) electrons. The number of rotatable bonds is 6. The number of hydrogen-bond donors (Lipinski definition) is 0. The van der Waals surface area contributed by atoms with E-state index in [1.807, 2.05) is 42.5 Å². The summed E-state index contributed by atoms with van der Waals surface area (Å²) in [6.45, 7) is 4.07. The molecule has 2 aromatic carbocycles. The van der Waals surface area contributed by atoms with Gasteiger partial charge in [0.25, 0.3) is 5.56 Å². The molecule has 0 bridgehead atoms. The van der Waals surface area contributed by atoms with E-state index in [9.17, 15) is 4.79 Å². The Bertz CT molecular complexity index is 1300. The van der Waals surface area contributed by atoms with E-state index in [-0.39, 0.29) is 5.56 Å². The smallest absolute Gasteiger partial charge is 0.291 e. The van der Waals surface area contributed by atoms with Crippen LogP contribution in [0.5, 0.6) is 11.5 Å². The molecule has 0 N–H and O–H groups in total. The number of aromatic nitrogens is 3. The third-order valence-corrected chi connectivity index (χ3v) is 5.59. The van der Waals surface area contributed by atoms with Crippen LogP contribution in [0.25, 0.3) is 22.4 Å². The van der Waals surface area contributed by atoms with Gasteiger partial charge in [-0.05, 0) is 48.5 Å². The number of thiazole rings is 1. The van der Waals surface area contributed by atoms with Crippen LogP contribution >= 0.6 is 27.3 Å². The van der Waals surface area contributed by atoms with Gasteiger partial charge in [0.2, 0.25) is 4.96 Å². The van der Waals surface area contributed by atoms with E-state index in [0.29, 0.717) is 27.7 Å². The van der Waals surface area contributed by atoms with Gasteiger partial charge in [0.05, 0.1) is 11.6 Å². The van der Waals surface area contributed by atoms with E-state index in [2.05, 4.69) is 32.6 Å². The molecular weight excluding hydrogens is 454 g/mol. The van der Waals surface area contributed by atoms with Crippen LogP contribution in [0, 0.1) is 0 Å². The van der Waals surface area contributed by atoms with E-state index < -0.39 is 0 Å². The SMILES string of the molecule is C=CCOc1ccc(-c2nc3s/c(=C\c4cc(Br)ccc4OC)c(=O)n3n2)cc1. The van der Waals surface area contributed by atoms with Gasteiger partial charge in [-0.25, -0.2) is 0 Å². The average molecular weight is 470 g/mol.